The van der Waals surface area contributed by atoms with Crippen LogP contribution in [0.2, 0.25) is 0 Å². The van der Waals surface area contributed by atoms with Crippen LogP contribution >= 0.6 is 0 Å². The number of hydrogen-bond acceptors (Lipinski definition) is 4. The van der Waals surface area contributed by atoms with E-state index in [9.17, 15) is 14.4 Å². The van der Waals surface area contributed by atoms with Crippen molar-refractivity contribution in [1.29, 1.82) is 0 Å². The van der Waals surface area contributed by atoms with E-state index in [0.717, 1.165) is 29.0 Å². The quantitative estimate of drug-likeness (QED) is 0.530. The number of barbiturate groups is 1. The number of benzene rings is 2. The van der Waals surface area contributed by atoms with Crippen molar-refractivity contribution < 1.29 is 14.4 Å². The number of urea groups is 1. The molecule has 0 aromatic heterocycles. The molecule has 33 heavy (non-hydrogen) atoms. The maximum Gasteiger partial charge on any atom is 0.335 e. The highest BCUT2D eigenvalue weighted by Crippen LogP contribution is 2.43. The van der Waals surface area contributed by atoms with E-state index in [0.29, 0.717) is 18.0 Å². The summed E-state index contributed by atoms with van der Waals surface area (Å²) in [6.45, 7) is 11.8. The SMILES string of the molecule is CCc1ccccc1N1C(=O)NC(=O)/C(=C\c2ccc3c(c2)[C@H](C)CC(C)(C)N3CC)C1=O. The summed E-state index contributed by atoms with van der Waals surface area (Å²) in [4.78, 5) is 42.0. The molecule has 0 bridgehead atoms. The van der Waals surface area contributed by atoms with Crippen molar-refractivity contribution in [3.05, 3.63) is 64.7 Å². The van der Waals surface area contributed by atoms with Gasteiger partial charge in [0.05, 0.1) is 5.69 Å². The van der Waals surface area contributed by atoms with Crippen molar-refractivity contribution in [3.63, 3.8) is 0 Å². The number of nitrogens with one attached hydrogen (secondary N) is 1. The van der Waals surface area contributed by atoms with Crippen molar-refractivity contribution in [1.82, 2.24) is 5.32 Å². The molecule has 2 aromatic carbocycles. The van der Waals surface area contributed by atoms with Crippen LogP contribution in [0.25, 0.3) is 6.08 Å². The van der Waals surface area contributed by atoms with Crippen molar-refractivity contribution >= 4 is 35.3 Å². The third-order valence-electron chi connectivity index (χ3n) is 6.75. The minimum atomic E-state index is -0.720. The molecule has 1 N–H and O–H groups in total. The molecule has 0 aliphatic carbocycles. The van der Waals surface area contributed by atoms with Gasteiger partial charge in [-0.25, -0.2) is 9.69 Å². The number of amides is 4. The minimum absolute atomic E-state index is 0.0448. The summed E-state index contributed by atoms with van der Waals surface area (Å²) in [6.07, 6.45) is 3.27. The van der Waals surface area contributed by atoms with Gasteiger partial charge in [0.25, 0.3) is 11.8 Å². The predicted octanol–water partition coefficient (Wildman–Crippen LogP) is 5.03. The van der Waals surface area contributed by atoms with E-state index in [1.165, 1.54) is 11.3 Å². The summed E-state index contributed by atoms with van der Waals surface area (Å²) in [7, 11) is 0. The first-order valence-electron chi connectivity index (χ1n) is 11.6. The van der Waals surface area contributed by atoms with Gasteiger partial charge in [0.15, 0.2) is 0 Å². The number of hydrogen-bond donors (Lipinski definition) is 1. The largest absolute Gasteiger partial charge is 0.366 e. The van der Waals surface area contributed by atoms with Crippen LogP contribution in [-0.4, -0.2) is 29.9 Å². The van der Waals surface area contributed by atoms with Crippen molar-refractivity contribution in [2.75, 3.05) is 16.3 Å². The lowest BCUT2D eigenvalue weighted by Gasteiger charge is -2.47. The van der Waals surface area contributed by atoms with Gasteiger partial charge in [-0.05, 0) is 80.5 Å². The molecule has 1 atom stereocenters. The highest BCUT2D eigenvalue weighted by molar-refractivity contribution is 6.39. The lowest BCUT2D eigenvalue weighted by Crippen LogP contribution is -2.54. The molecule has 1 saturated heterocycles. The van der Waals surface area contributed by atoms with E-state index in [1.54, 1.807) is 18.2 Å². The van der Waals surface area contributed by atoms with Crippen LogP contribution in [0.1, 0.15) is 63.6 Å². The molecule has 2 heterocycles. The highest BCUT2D eigenvalue weighted by atomic mass is 16.2. The molecule has 1 fully saturated rings. The van der Waals surface area contributed by atoms with E-state index < -0.39 is 17.8 Å². The van der Waals surface area contributed by atoms with Crippen LogP contribution in [0, 0.1) is 0 Å². The van der Waals surface area contributed by atoms with Crippen LogP contribution in [0.15, 0.2) is 48.0 Å². The second kappa shape index (κ2) is 8.50. The first-order valence-corrected chi connectivity index (χ1v) is 11.6. The van der Waals surface area contributed by atoms with Gasteiger partial charge in [-0.2, -0.15) is 0 Å². The van der Waals surface area contributed by atoms with E-state index in [4.69, 9.17) is 0 Å². The maximum absolute atomic E-state index is 13.3. The normalized spacial score (nSPS) is 21.3. The number of aryl methyl sites for hydroxylation is 1. The number of rotatable bonds is 4. The molecule has 0 unspecified atom stereocenters. The third kappa shape index (κ3) is 3.94. The standard InChI is InChI=1S/C27H31N3O3/c1-6-19-10-8-9-11-22(19)30-25(32)21(24(31)28-26(30)33)15-18-12-13-23-20(14-18)17(3)16-27(4,5)29(23)7-2/h8-15,17H,6-7,16H2,1-5H3,(H,28,31,33)/b21-15+/t17-/m1/s1. The number of imide groups is 2. The lowest BCUT2D eigenvalue weighted by molar-refractivity contribution is -0.122. The van der Waals surface area contributed by atoms with E-state index in [-0.39, 0.29) is 11.1 Å². The average Bonchev–Trinajstić information content (AvgIpc) is 2.77. The number of anilines is 2. The molecule has 0 saturated carbocycles. The summed E-state index contributed by atoms with van der Waals surface area (Å²) < 4.78 is 0. The first-order chi connectivity index (χ1) is 15.7. The second-order valence-corrected chi connectivity index (χ2v) is 9.42. The smallest absolute Gasteiger partial charge is 0.335 e. The fraction of sp³-hybridized carbons (Fsp3) is 0.370. The van der Waals surface area contributed by atoms with Crippen LogP contribution in [0.4, 0.5) is 16.2 Å². The summed E-state index contributed by atoms with van der Waals surface area (Å²) in [5, 5.41) is 2.33. The molecule has 4 rings (SSSR count). The van der Waals surface area contributed by atoms with Crippen LogP contribution < -0.4 is 15.1 Å². The molecular formula is C27H31N3O3. The van der Waals surface area contributed by atoms with Gasteiger partial charge in [0.2, 0.25) is 0 Å². The molecule has 2 aliphatic heterocycles. The predicted molar refractivity (Wildman–Crippen MR) is 131 cm³/mol. The Hall–Kier alpha value is -3.41. The summed E-state index contributed by atoms with van der Waals surface area (Å²) in [5.41, 5.74) is 4.55. The molecule has 6 nitrogen and oxygen atoms in total. The fourth-order valence-corrected chi connectivity index (χ4v) is 5.27. The summed E-state index contributed by atoms with van der Waals surface area (Å²) in [6, 6.07) is 12.6. The van der Waals surface area contributed by atoms with Gasteiger partial charge in [-0.15, -0.1) is 0 Å². The average molecular weight is 446 g/mol. The number of nitrogens with zero attached hydrogens (tertiary/aromatic N) is 2. The van der Waals surface area contributed by atoms with Crippen LogP contribution in [0.5, 0.6) is 0 Å². The van der Waals surface area contributed by atoms with Crippen molar-refractivity contribution in [2.45, 2.75) is 58.9 Å². The Morgan fingerprint density at radius 1 is 1.06 bits per heavy atom. The molecule has 4 amide bonds. The Bertz CT molecular complexity index is 1160. The topological polar surface area (TPSA) is 69.7 Å². The lowest BCUT2D eigenvalue weighted by atomic mass is 9.79. The molecule has 2 aromatic rings. The number of carbonyl (C=O) groups is 3. The van der Waals surface area contributed by atoms with Crippen molar-refractivity contribution in [2.24, 2.45) is 0 Å². The van der Waals surface area contributed by atoms with E-state index in [1.807, 2.05) is 25.1 Å². The number of para-hydroxylation sites is 1. The van der Waals surface area contributed by atoms with Crippen LogP contribution in [-0.2, 0) is 16.0 Å². The summed E-state index contributed by atoms with van der Waals surface area (Å²) in [5.74, 6) is -0.925. The van der Waals surface area contributed by atoms with Crippen LogP contribution in [0.3, 0.4) is 0 Å². The van der Waals surface area contributed by atoms with E-state index >= 15 is 0 Å². The summed E-state index contributed by atoms with van der Waals surface area (Å²) >= 11 is 0. The second-order valence-electron chi connectivity index (χ2n) is 9.42. The Morgan fingerprint density at radius 3 is 2.48 bits per heavy atom. The number of carbonyl (C=O) groups excluding carboxylic acids is 3. The highest BCUT2D eigenvalue weighted by Gasteiger charge is 2.38. The van der Waals surface area contributed by atoms with Gasteiger partial charge in [0, 0.05) is 17.8 Å². The van der Waals surface area contributed by atoms with E-state index in [2.05, 4.69) is 50.0 Å². The van der Waals surface area contributed by atoms with Gasteiger partial charge in [-0.3, -0.25) is 14.9 Å². The van der Waals surface area contributed by atoms with Crippen molar-refractivity contribution in [3.8, 4) is 0 Å². The monoisotopic (exact) mass is 445 g/mol. The van der Waals surface area contributed by atoms with Gasteiger partial charge in [0.1, 0.15) is 5.57 Å². The Balaban J connectivity index is 1.74. The minimum Gasteiger partial charge on any atom is -0.366 e. The zero-order chi connectivity index (χ0) is 23.9. The Kier molecular flexibility index (Phi) is 5.87. The Labute approximate surface area is 195 Å². The number of fused-ring (bicyclic) bond motifs is 1. The third-order valence-corrected chi connectivity index (χ3v) is 6.75. The zero-order valence-electron chi connectivity index (χ0n) is 19.9. The van der Waals surface area contributed by atoms with Gasteiger partial charge >= 0.3 is 6.03 Å². The fourth-order valence-electron chi connectivity index (χ4n) is 5.27. The molecule has 0 spiro atoms. The maximum atomic E-state index is 13.3. The molecule has 172 valence electrons. The van der Waals surface area contributed by atoms with Gasteiger partial charge < -0.3 is 4.90 Å². The zero-order valence-corrected chi connectivity index (χ0v) is 19.9. The molecule has 2 aliphatic rings. The Morgan fingerprint density at radius 2 is 1.79 bits per heavy atom. The molecule has 0 radical (unpaired) electrons. The molecular weight excluding hydrogens is 414 g/mol. The van der Waals surface area contributed by atoms with Gasteiger partial charge in [-0.1, -0.05) is 38.1 Å². The molecule has 6 heteroatoms. The first kappa shape index (κ1) is 22.8.